The highest BCUT2D eigenvalue weighted by atomic mass is 35.5. The molecule has 6 heteroatoms. The second kappa shape index (κ2) is 9.11. The molecular formula is C18H20Cl2N4. The summed E-state index contributed by atoms with van der Waals surface area (Å²) in [7, 11) is 0. The normalized spacial score (nSPS) is 9.67. The number of nitrogens with two attached hydrogens (primary N) is 2. The van der Waals surface area contributed by atoms with E-state index in [0.717, 1.165) is 24.7 Å². The maximum absolute atomic E-state index is 5.96. The summed E-state index contributed by atoms with van der Waals surface area (Å²) in [5.41, 5.74) is 14.4. The first-order valence-corrected chi connectivity index (χ1v) is 7.28. The molecule has 0 aliphatic heterocycles. The molecule has 24 heavy (non-hydrogen) atoms. The summed E-state index contributed by atoms with van der Waals surface area (Å²) in [5, 5.41) is 0. The predicted molar refractivity (Wildman–Crippen MR) is 86.7 cm³/mol. The molecule has 4 N–H and O–H groups in total. The van der Waals surface area contributed by atoms with Crippen LogP contribution >= 0.6 is 0 Å². The largest absolute Gasteiger partial charge is 1.00 e. The number of rotatable bonds is 4. The van der Waals surface area contributed by atoms with Gasteiger partial charge in [-0.15, -0.1) is 0 Å². The summed E-state index contributed by atoms with van der Waals surface area (Å²) in [6.07, 6.45) is 3.98. The van der Waals surface area contributed by atoms with Crippen molar-refractivity contribution in [3.63, 3.8) is 0 Å². The second-order valence-electron chi connectivity index (χ2n) is 5.32. The van der Waals surface area contributed by atoms with Gasteiger partial charge in [0.1, 0.15) is 13.1 Å². The molecule has 0 aliphatic rings. The van der Waals surface area contributed by atoms with Crippen molar-refractivity contribution in [2.75, 3.05) is 11.5 Å². The van der Waals surface area contributed by atoms with Crippen LogP contribution in [0.5, 0.6) is 0 Å². The minimum atomic E-state index is 0. The van der Waals surface area contributed by atoms with Crippen LogP contribution < -0.4 is 45.4 Å². The summed E-state index contributed by atoms with van der Waals surface area (Å²) in [6, 6.07) is 20.2. The van der Waals surface area contributed by atoms with Crippen LogP contribution in [0.4, 0.5) is 11.6 Å². The van der Waals surface area contributed by atoms with E-state index in [0.29, 0.717) is 0 Å². The molecule has 2 aromatic heterocycles. The van der Waals surface area contributed by atoms with Gasteiger partial charge in [-0.25, -0.2) is 9.13 Å². The smallest absolute Gasteiger partial charge is 0.272 e. The third-order valence-electron chi connectivity index (χ3n) is 3.68. The number of nitrogen functional groups attached to an aromatic ring is 2. The summed E-state index contributed by atoms with van der Waals surface area (Å²) >= 11 is 0. The Morgan fingerprint density at radius 1 is 0.583 bits per heavy atom. The molecule has 0 unspecified atom stereocenters. The fraction of sp³-hybridized carbons (Fsp3) is 0.111. The monoisotopic (exact) mass is 362 g/mol. The van der Waals surface area contributed by atoms with Crippen molar-refractivity contribution in [1.82, 2.24) is 0 Å². The van der Waals surface area contributed by atoms with E-state index in [1.165, 1.54) is 11.1 Å². The molecule has 0 fully saturated rings. The zero-order chi connectivity index (χ0) is 15.4. The minimum absolute atomic E-state index is 0. The summed E-state index contributed by atoms with van der Waals surface area (Å²) in [6.45, 7) is 1.54. The van der Waals surface area contributed by atoms with Crippen LogP contribution in [0.1, 0.15) is 11.1 Å². The van der Waals surface area contributed by atoms with Crippen molar-refractivity contribution in [3.05, 3.63) is 84.2 Å². The molecule has 0 bridgehead atoms. The van der Waals surface area contributed by atoms with Gasteiger partial charge in [-0.05, 0) is 23.3 Å². The minimum Gasteiger partial charge on any atom is -1.00 e. The number of pyridine rings is 2. The molecule has 3 aromatic rings. The number of benzene rings is 1. The van der Waals surface area contributed by atoms with Gasteiger partial charge in [0, 0.05) is 12.1 Å². The Morgan fingerprint density at radius 2 is 0.958 bits per heavy atom. The van der Waals surface area contributed by atoms with Gasteiger partial charge in [0.15, 0.2) is 0 Å². The van der Waals surface area contributed by atoms with Gasteiger partial charge in [-0.3, -0.25) is 11.5 Å². The number of nitrogens with zero attached hydrogens (tertiary/aromatic N) is 2. The van der Waals surface area contributed by atoms with E-state index in [2.05, 4.69) is 24.3 Å². The molecule has 0 atom stereocenters. The third kappa shape index (κ3) is 4.85. The van der Waals surface area contributed by atoms with Crippen molar-refractivity contribution >= 4 is 11.6 Å². The maximum Gasteiger partial charge on any atom is 0.272 e. The third-order valence-corrected chi connectivity index (χ3v) is 3.68. The lowest BCUT2D eigenvalue weighted by Gasteiger charge is -2.06. The Kier molecular flexibility index (Phi) is 7.49. The lowest BCUT2D eigenvalue weighted by molar-refractivity contribution is -0.674. The Labute approximate surface area is 154 Å². The van der Waals surface area contributed by atoms with E-state index >= 15 is 0 Å². The molecule has 3 rings (SSSR count). The quantitative estimate of drug-likeness (QED) is 0.460. The lowest BCUT2D eigenvalue weighted by atomic mass is 10.1. The van der Waals surface area contributed by atoms with E-state index in [9.17, 15) is 0 Å². The maximum atomic E-state index is 5.96. The van der Waals surface area contributed by atoms with Gasteiger partial charge in [0.2, 0.25) is 0 Å². The number of aromatic nitrogens is 2. The first kappa shape index (κ1) is 19.7. The molecule has 0 saturated carbocycles. The molecular weight excluding hydrogens is 343 g/mol. The fourth-order valence-corrected chi connectivity index (χ4v) is 2.41. The van der Waals surface area contributed by atoms with Crippen LogP contribution in [-0.2, 0) is 13.1 Å². The van der Waals surface area contributed by atoms with Crippen molar-refractivity contribution in [1.29, 1.82) is 0 Å². The Balaban J connectivity index is 0.00000144. The Hall–Kier alpha value is -2.30. The van der Waals surface area contributed by atoms with E-state index in [1.54, 1.807) is 0 Å². The fourth-order valence-electron chi connectivity index (χ4n) is 2.41. The zero-order valence-electron chi connectivity index (χ0n) is 13.1. The number of hydrogen-bond acceptors (Lipinski definition) is 2. The molecule has 1 aromatic carbocycles. The van der Waals surface area contributed by atoms with Gasteiger partial charge in [0.05, 0.1) is 12.4 Å². The first-order chi connectivity index (χ1) is 10.7. The highest BCUT2D eigenvalue weighted by molar-refractivity contribution is 5.24. The number of anilines is 2. The molecule has 4 nitrogen and oxygen atoms in total. The van der Waals surface area contributed by atoms with Crippen LogP contribution in [0.3, 0.4) is 0 Å². The van der Waals surface area contributed by atoms with Gasteiger partial charge >= 0.3 is 0 Å². The highest BCUT2D eigenvalue weighted by Crippen LogP contribution is 2.06. The van der Waals surface area contributed by atoms with Crippen LogP contribution in [0.15, 0.2) is 73.1 Å². The zero-order valence-corrected chi connectivity index (χ0v) is 14.7. The van der Waals surface area contributed by atoms with Crippen LogP contribution in [0.2, 0.25) is 0 Å². The van der Waals surface area contributed by atoms with Crippen molar-refractivity contribution in [2.24, 2.45) is 0 Å². The van der Waals surface area contributed by atoms with Crippen LogP contribution in [0, 0.1) is 0 Å². The summed E-state index contributed by atoms with van der Waals surface area (Å²) < 4.78 is 4.05. The first-order valence-electron chi connectivity index (χ1n) is 7.28. The number of hydrogen-bond donors (Lipinski definition) is 2. The molecule has 0 saturated heterocycles. The molecule has 0 aliphatic carbocycles. The standard InChI is InChI=1S/C18H18N4.2ClH/c19-17-5-1-3-11-21(17)13-15-7-9-16(10-8-15)14-22-12-4-2-6-18(22)20;;/h1-12,19-20H,13-14H2;2*1H. The lowest BCUT2D eigenvalue weighted by Crippen LogP contribution is -3.00. The summed E-state index contributed by atoms with van der Waals surface area (Å²) in [4.78, 5) is 0. The molecule has 0 radical (unpaired) electrons. The van der Waals surface area contributed by atoms with Gasteiger partial charge in [0.25, 0.3) is 11.6 Å². The van der Waals surface area contributed by atoms with Crippen LogP contribution in [0.25, 0.3) is 0 Å². The van der Waals surface area contributed by atoms with Crippen LogP contribution in [-0.4, -0.2) is 0 Å². The van der Waals surface area contributed by atoms with E-state index in [4.69, 9.17) is 11.5 Å². The van der Waals surface area contributed by atoms with E-state index in [-0.39, 0.29) is 24.8 Å². The average molecular weight is 363 g/mol. The molecule has 0 amide bonds. The van der Waals surface area contributed by atoms with Gasteiger partial charge in [-0.1, -0.05) is 36.4 Å². The van der Waals surface area contributed by atoms with Crippen molar-refractivity contribution in [2.45, 2.75) is 13.1 Å². The highest BCUT2D eigenvalue weighted by Gasteiger charge is 2.06. The summed E-state index contributed by atoms with van der Waals surface area (Å²) in [5.74, 6) is 1.53. The Bertz CT molecular complexity index is 709. The predicted octanol–water partition coefficient (Wildman–Crippen LogP) is -4.47. The van der Waals surface area contributed by atoms with Crippen molar-refractivity contribution < 1.29 is 33.9 Å². The van der Waals surface area contributed by atoms with E-state index in [1.807, 2.05) is 57.9 Å². The average Bonchev–Trinajstić information content (AvgIpc) is 2.54. The van der Waals surface area contributed by atoms with Crippen molar-refractivity contribution in [3.8, 4) is 0 Å². The topological polar surface area (TPSA) is 59.8 Å². The Morgan fingerprint density at radius 3 is 1.29 bits per heavy atom. The van der Waals surface area contributed by atoms with E-state index < -0.39 is 0 Å². The molecule has 2 heterocycles. The second-order valence-corrected chi connectivity index (χ2v) is 5.32. The van der Waals surface area contributed by atoms with Gasteiger partial charge < -0.3 is 24.8 Å². The molecule has 126 valence electrons. The van der Waals surface area contributed by atoms with Gasteiger partial charge in [-0.2, -0.15) is 0 Å². The number of halogens is 2. The SMILES string of the molecule is Nc1cccc[n+]1Cc1ccc(C[n+]2ccccc2N)cc1.[Cl-].[Cl-]. The molecule has 0 spiro atoms.